The summed E-state index contributed by atoms with van der Waals surface area (Å²) in [6.07, 6.45) is 0. The molecule has 0 aliphatic carbocycles. The van der Waals surface area contributed by atoms with Gasteiger partial charge in [0.05, 0.1) is 11.4 Å². The van der Waals surface area contributed by atoms with Crippen LogP contribution in [0.25, 0.3) is 0 Å². The van der Waals surface area contributed by atoms with E-state index >= 15 is 0 Å². The summed E-state index contributed by atoms with van der Waals surface area (Å²) in [4.78, 5) is 0. The summed E-state index contributed by atoms with van der Waals surface area (Å²) >= 11 is 0. The van der Waals surface area contributed by atoms with Crippen LogP contribution in [0.4, 0.5) is 11.6 Å². The van der Waals surface area contributed by atoms with Crippen molar-refractivity contribution >= 4 is 11.6 Å². The number of aromatic nitrogens is 4. The Morgan fingerprint density at radius 2 is 1.25 bits per heavy atom. The first kappa shape index (κ1) is 10.5. The molecular formula is C10H14N6. The van der Waals surface area contributed by atoms with E-state index in [4.69, 9.17) is 0 Å². The minimum absolute atomic E-state index is 0.733. The van der Waals surface area contributed by atoms with Crippen LogP contribution in [0, 0.1) is 13.8 Å². The molecule has 6 nitrogen and oxygen atoms in total. The van der Waals surface area contributed by atoms with Gasteiger partial charge < -0.3 is 0 Å². The molecule has 2 aromatic rings. The molecule has 0 aliphatic rings. The fourth-order valence-electron chi connectivity index (χ4n) is 1.48. The highest BCUT2D eigenvalue weighted by Gasteiger charge is 2.02. The lowest BCUT2D eigenvalue weighted by Crippen LogP contribution is -1.90. The van der Waals surface area contributed by atoms with Crippen molar-refractivity contribution < 1.29 is 0 Å². The summed E-state index contributed by atoms with van der Waals surface area (Å²) in [5.74, 6) is 1.47. The molecule has 0 aliphatic heterocycles. The molecule has 16 heavy (non-hydrogen) atoms. The number of azo groups is 1. The lowest BCUT2D eigenvalue weighted by atomic mass is 10.5. The van der Waals surface area contributed by atoms with Crippen LogP contribution in [0.15, 0.2) is 22.4 Å². The lowest BCUT2D eigenvalue weighted by molar-refractivity contribution is 0.739. The SMILES string of the molecule is Cc1cc(/N=N/c2cc(C)nn2C)n(C)n1. The molecule has 0 radical (unpaired) electrons. The molecule has 0 fully saturated rings. The van der Waals surface area contributed by atoms with E-state index < -0.39 is 0 Å². The van der Waals surface area contributed by atoms with Crippen molar-refractivity contribution in [3.05, 3.63) is 23.5 Å². The highest BCUT2D eigenvalue weighted by molar-refractivity contribution is 5.32. The maximum atomic E-state index is 4.19. The smallest absolute Gasteiger partial charge is 0.173 e. The van der Waals surface area contributed by atoms with E-state index in [1.807, 2.05) is 40.1 Å². The Morgan fingerprint density at radius 1 is 0.875 bits per heavy atom. The average Bonchev–Trinajstić information content (AvgIpc) is 2.66. The highest BCUT2D eigenvalue weighted by Crippen LogP contribution is 2.18. The molecule has 0 saturated heterocycles. The van der Waals surface area contributed by atoms with E-state index in [2.05, 4.69) is 20.4 Å². The number of hydrogen-bond donors (Lipinski definition) is 0. The average molecular weight is 218 g/mol. The van der Waals surface area contributed by atoms with Gasteiger partial charge in [-0.25, -0.2) is 9.36 Å². The predicted molar refractivity (Wildman–Crippen MR) is 60.1 cm³/mol. The van der Waals surface area contributed by atoms with Gasteiger partial charge in [0, 0.05) is 26.2 Å². The molecule has 0 atom stereocenters. The normalized spacial score (nSPS) is 11.5. The van der Waals surface area contributed by atoms with Crippen molar-refractivity contribution in [2.24, 2.45) is 24.3 Å². The van der Waals surface area contributed by atoms with Crippen LogP contribution in [0.5, 0.6) is 0 Å². The Bertz CT molecular complexity index is 485. The second-order valence-corrected chi connectivity index (χ2v) is 3.74. The largest absolute Gasteiger partial charge is 0.249 e. The van der Waals surface area contributed by atoms with Crippen molar-refractivity contribution in [3.63, 3.8) is 0 Å². The third kappa shape index (κ3) is 2.00. The first-order valence-corrected chi connectivity index (χ1v) is 4.99. The molecule has 0 unspecified atom stereocenters. The van der Waals surface area contributed by atoms with E-state index in [0.717, 1.165) is 23.0 Å². The third-order valence-corrected chi connectivity index (χ3v) is 2.21. The van der Waals surface area contributed by atoms with Crippen LogP contribution in [0.1, 0.15) is 11.4 Å². The lowest BCUT2D eigenvalue weighted by Gasteiger charge is -1.93. The Hall–Kier alpha value is -1.98. The van der Waals surface area contributed by atoms with Crippen LogP contribution in [-0.4, -0.2) is 19.6 Å². The van der Waals surface area contributed by atoms with Crippen LogP contribution in [-0.2, 0) is 14.1 Å². The van der Waals surface area contributed by atoms with Gasteiger partial charge in [0.1, 0.15) is 0 Å². The topological polar surface area (TPSA) is 60.4 Å². The molecule has 84 valence electrons. The molecule has 0 N–H and O–H groups in total. The summed E-state index contributed by atoms with van der Waals surface area (Å²) in [5, 5.41) is 16.7. The summed E-state index contributed by atoms with van der Waals surface area (Å²) < 4.78 is 3.39. The maximum Gasteiger partial charge on any atom is 0.173 e. The van der Waals surface area contributed by atoms with Crippen molar-refractivity contribution in [2.75, 3.05) is 0 Å². The van der Waals surface area contributed by atoms with E-state index in [9.17, 15) is 0 Å². The molecule has 2 rings (SSSR count). The second kappa shape index (κ2) is 3.88. The number of hydrogen-bond acceptors (Lipinski definition) is 4. The van der Waals surface area contributed by atoms with Crippen molar-refractivity contribution in [3.8, 4) is 0 Å². The van der Waals surface area contributed by atoms with Crippen LogP contribution in [0.3, 0.4) is 0 Å². The van der Waals surface area contributed by atoms with E-state index in [0.29, 0.717) is 0 Å². The number of aryl methyl sites for hydroxylation is 4. The molecule has 0 spiro atoms. The molecule has 0 amide bonds. The van der Waals surface area contributed by atoms with Gasteiger partial charge in [0.2, 0.25) is 0 Å². The van der Waals surface area contributed by atoms with E-state index in [1.54, 1.807) is 9.36 Å². The first-order chi connectivity index (χ1) is 7.56. The molecule has 0 saturated carbocycles. The van der Waals surface area contributed by atoms with Crippen LogP contribution in [0.2, 0.25) is 0 Å². The molecule has 6 heteroatoms. The first-order valence-electron chi connectivity index (χ1n) is 4.99. The van der Waals surface area contributed by atoms with Gasteiger partial charge in [-0.2, -0.15) is 10.2 Å². The molecular weight excluding hydrogens is 204 g/mol. The zero-order valence-electron chi connectivity index (χ0n) is 9.84. The second-order valence-electron chi connectivity index (χ2n) is 3.74. The van der Waals surface area contributed by atoms with Crippen molar-refractivity contribution in [1.29, 1.82) is 0 Å². The standard InChI is InChI=1S/C10H14N6/c1-7-5-9(15(3)13-7)11-12-10-6-8(2)14-16(10)4/h5-6H,1-4H3/b12-11+. The highest BCUT2D eigenvalue weighted by atomic mass is 15.4. The van der Waals surface area contributed by atoms with Gasteiger partial charge in [-0.05, 0) is 13.8 Å². The van der Waals surface area contributed by atoms with Gasteiger partial charge in [-0.1, -0.05) is 0 Å². The minimum Gasteiger partial charge on any atom is -0.249 e. The van der Waals surface area contributed by atoms with Gasteiger partial charge in [-0.15, -0.1) is 10.2 Å². The summed E-state index contributed by atoms with van der Waals surface area (Å²) in [6.45, 7) is 3.85. The van der Waals surface area contributed by atoms with Gasteiger partial charge in [-0.3, -0.25) is 0 Å². The van der Waals surface area contributed by atoms with Crippen LogP contribution < -0.4 is 0 Å². The summed E-state index contributed by atoms with van der Waals surface area (Å²) in [7, 11) is 3.69. The minimum atomic E-state index is 0.733. The fraction of sp³-hybridized carbons (Fsp3) is 0.400. The Balaban J connectivity index is 2.27. The van der Waals surface area contributed by atoms with Crippen LogP contribution >= 0.6 is 0 Å². The fourth-order valence-corrected chi connectivity index (χ4v) is 1.48. The maximum absolute atomic E-state index is 4.19. The molecule has 0 bridgehead atoms. The zero-order chi connectivity index (χ0) is 11.7. The molecule has 0 aromatic carbocycles. The predicted octanol–water partition coefficient (Wildman–Crippen LogP) is 2.19. The molecule has 2 heterocycles. The Labute approximate surface area is 93.6 Å². The third-order valence-electron chi connectivity index (χ3n) is 2.21. The van der Waals surface area contributed by atoms with E-state index in [-0.39, 0.29) is 0 Å². The Morgan fingerprint density at radius 3 is 1.50 bits per heavy atom. The Kier molecular flexibility index (Phi) is 2.55. The van der Waals surface area contributed by atoms with E-state index in [1.165, 1.54) is 0 Å². The number of nitrogens with zero attached hydrogens (tertiary/aromatic N) is 6. The van der Waals surface area contributed by atoms with Gasteiger partial charge in [0.15, 0.2) is 11.6 Å². The molecule has 2 aromatic heterocycles. The van der Waals surface area contributed by atoms with Crippen molar-refractivity contribution in [2.45, 2.75) is 13.8 Å². The summed E-state index contributed by atoms with van der Waals surface area (Å²) in [6, 6.07) is 3.76. The monoisotopic (exact) mass is 218 g/mol. The van der Waals surface area contributed by atoms with Crippen molar-refractivity contribution in [1.82, 2.24) is 19.6 Å². The van der Waals surface area contributed by atoms with Gasteiger partial charge >= 0.3 is 0 Å². The summed E-state index contributed by atoms with van der Waals surface area (Å²) in [5.41, 5.74) is 1.86. The van der Waals surface area contributed by atoms with Gasteiger partial charge in [0.25, 0.3) is 0 Å². The number of rotatable bonds is 2. The quantitative estimate of drug-likeness (QED) is 0.725. The zero-order valence-corrected chi connectivity index (χ0v) is 9.84.